The molecule has 28 heavy (non-hydrogen) atoms. The van der Waals surface area contributed by atoms with Crippen molar-refractivity contribution in [1.82, 2.24) is 14.9 Å². The molecule has 1 atom stereocenters. The van der Waals surface area contributed by atoms with Crippen LogP contribution in [0.2, 0.25) is 0 Å². The minimum Gasteiger partial charge on any atom is -0.496 e. The number of methoxy groups -OCH3 is 1. The van der Waals surface area contributed by atoms with Crippen molar-refractivity contribution < 1.29 is 9.53 Å². The third-order valence-electron chi connectivity index (χ3n) is 4.53. The van der Waals surface area contributed by atoms with Crippen LogP contribution in [0.3, 0.4) is 0 Å². The van der Waals surface area contributed by atoms with Crippen molar-refractivity contribution in [1.29, 1.82) is 0 Å². The molecule has 146 valence electrons. The molecule has 1 N–H and O–H groups in total. The fraction of sp³-hybridized carbons (Fsp3) is 0.273. The molecule has 0 aliphatic carbocycles. The van der Waals surface area contributed by atoms with Crippen molar-refractivity contribution >= 4 is 17.7 Å². The van der Waals surface area contributed by atoms with Crippen LogP contribution in [0.25, 0.3) is 5.69 Å². The van der Waals surface area contributed by atoms with Gasteiger partial charge >= 0.3 is 0 Å². The standard InChI is InChI=1S/C22H25N3O2S/c1-15-9-10-16(2)19(13-15)25-12-11-23-22(25)28-17(3)21(26)24-14-18-7-5-6-8-20(18)27-4/h5-13,17H,14H2,1-4H3,(H,24,26)/t17-/m0/s1. The van der Waals surface area contributed by atoms with Crippen LogP contribution < -0.4 is 10.1 Å². The van der Waals surface area contributed by atoms with Gasteiger partial charge in [-0.3, -0.25) is 9.36 Å². The summed E-state index contributed by atoms with van der Waals surface area (Å²) in [4.78, 5) is 17.1. The van der Waals surface area contributed by atoms with E-state index in [1.165, 1.54) is 22.9 Å². The molecule has 0 saturated heterocycles. The maximum Gasteiger partial charge on any atom is 0.233 e. The first-order valence-electron chi connectivity index (χ1n) is 9.17. The lowest BCUT2D eigenvalue weighted by Crippen LogP contribution is -2.30. The number of para-hydroxylation sites is 1. The molecule has 1 aromatic heterocycles. The fourth-order valence-corrected chi connectivity index (χ4v) is 3.83. The van der Waals surface area contributed by atoms with Crippen LogP contribution >= 0.6 is 11.8 Å². The summed E-state index contributed by atoms with van der Waals surface area (Å²) in [5, 5.41) is 3.51. The summed E-state index contributed by atoms with van der Waals surface area (Å²) < 4.78 is 7.38. The van der Waals surface area contributed by atoms with Crippen LogP contribution in [0.1, 0.15) is 23.6 Å². The number of nitrogens with zero attached hydrogens (tertiary/aromatic N) is 2. The molecule has 5 nitrogen and oxygen atoms in total. The topological polar surface area (TPSA) is 56.1 Å². The highest BCUT2D eigenvalue weighted by Gasteiger charge is 2.18. The lowest BCUT2D eigenvalue weighted by atomic mass is 10.1. The molecular weight excluding hydrogens is 370 g/mol. The van der Waals surface area contributed by atoms with Crippen LogP contribution in [0.5, 0.6) is 5.75 Å². The molecular formula is C22H25N3O2S. The van der Waals surface area contributed by atoms with Gasteiger partial charge in [0.25, 0.3) is 0 Å². The molecule has 1 amide bonds. The SMILES string of the molecule is COc1ccccc1CNC(=O)[C@H](C)Sc1nccn1-c1cc(C)ccc1C. The number of carbonyl (C=O) groups excluding carboxylic acids is 1. The van der Waals surface area contributed by atoms with Gasteiger partial charge in [-0.1, -0.05) is 42.1 Å². The summed E-state index contributed by atoms with van der Waals surface area (Å²) in [7, 11) is 1.63. The second kappa shape index (κ2) is 8.97. The van der Waals surface area contributed by atoms with E-state index in [-0.39, 0.29) is 11.2 Å². The number of nitrogens with one attached hydrogen (secondary N) is 1. The maximum absolute atomic E-state index is 12.6. The summed E-state index contributed by atoms with van der Waals surface area (Å²) >= 11 is 1.45. The Hall–Kier alpha value is -2.73. The van der Waals surface area contributed by atoms with Gasteiger partial charge in [0.15, 0.2) is 5.16 Å². The van der Waals surface area contributed by atoms with E-state index >= 15 is 0 Å². The van der Waals surface area contributed by atoms with Gasteiger partial charge in [0.1, 0.15) is 5.75 Å². The number of thioether (sulfide) groups is 1. The van der Waals surface area contributed by atoms with Gasteiger partial charge in [0.2, 0.25) is 5.91 Å². The largest absolute Gasteiger partial charge is 0.496 e. The Morgan fingerprint density at radius 1 is 1.25 bits per heavy atom. The highest BCUT2D eigenvalue weighted by molar-refractivity contribution is 8.00. The van der Waals surface area contributed by atoms with Gasteiger partial charge in [0, 0.05) is 24.5 Å². The molecule has 2 aromatic carbocycles. The molecule has 0 spiro atoms. The second-order valence-corrected chi connectivity index (χ2v) is 7.97. The molecule has 0 saturated carbocycles. The summed E-state index contributed by atoms with van der Waals surface area (Å²) in [5.74, 6) is 0.736. The summed E-state index contributed by atoms with van der Waals surface area (Å²) in [6.45, 7) is 6.47. The molecule has 0 bridgehead atoms. The third kappa shape index (κ3) is 4.57. The molecule has 3 rings (SSSR count). The average molecular weight is 396 g/mol. The summed E-state index contributed by atoms with van der Waals surface area (Å²) in [6.07, 6.45) is 3.70. The zero-order valence-corrected chi connectivity index (χ0v) is 17.4. The maximum atomic E-state index is 12.6. The number of carbonyl (C=O) groups is 1. The van der Waals surface area contributed by atoms with Crippen LogP contribution in [0.4, 0.5) is 0 Å². The van der Waals surface area contributed by atoms with Gasteiger partial charge in [-0.2, -0.15) is 0 Å². The zero-order chi connectivity index (χ0) is 20.1. The molecule has 0 radical (unpaired) electrons. The summed E-state index contributed by atoms with van der Waals surface area (Å²) in [5.41, 5.74) is 4.39. The Morgan fingerprint density at radius 2 is 2.04 bits per heavy atom. The number of imidazole rings is 1. The number of rotatable bonds is 7. The minimum atomic E-state index is -0.277. The third-order valence-corrected chi connectivity index (χ3v) is 5.61. The first-order chi connectivity index (χ1) is 13.5. The predicted molar refractivity (Wildman–Crippen MR) is 113 cm³/mol. The number of hydrogen-bond donors (Lipinski definition) is 1. The molecule has 0 fully saturated rings. The van der Waals surface area contributed by atoms with Gasteiger partial charge < -0.3 is 10.1 Å². The highest BCUT2D eigenvalue weighted by Crippen LogP contribution is 2.27. The van der Waals surface area contributed by atoms with Crippen molar-refractivity contribution in [2.45, 2.75) is 37.7 Å². The van der Waals surface area contributed by atoms with Crippen LogP contribution in [0, 0.1) is 13.8 Å². The van der Waals surface area contributed by atoms with Crippen molar-refractivity contribution in [2.75, 3.05) is 7.11 Å². The number of benzene rings is 2. The van der Waals surface area contributed by atoms with E-state index in [9.17, 15) is 4.79 Å². The zero-order valence-electron chi connectivity index (χ0n) is 16.6. The number of aromatic nitrogens is 2. The van der Waals surface area contributed by atoms with E-state index in [4.69, 9.17) is 4.74 Å². The van der Waals surface area contributed by atoms with Gasteiger partial charge in [-0.05, 0) is 44.0 Å². The van der Waals surface area contributed by atoms with Crippen molar-refractivity contribution in [2.24, 2.45) is 0 Å². The van der Waals surface area contributed by atoms with E-state index in [2.05, 4.69) is 42.3 Å². The molecule has 0 aliphatic heterocycles. The first kappa shape index (κ1) is 20.0. The van der Waals surface area contributed by atoms with E-state index < -0.39 is 0 Å². The van der Waals surface area contributed by atoms with E-state index in [0.29, 0.717) is 6.54 Å². The fourth-order valence-electron chi connectivity index (χ4n) is 2.93. The van der Waals surface area contributed by atoms with Crippen LogP contribution in [-0.4, -0.2) is 27.8 Å². The van der Waals surface area contributed by atoms with Crippen LogP contribution in [-0.2, 0) is 11.3 Å². The summed E-state index contributed by atoms with van der Waals surface area (Å²) in [6, 6.07) is 14.0. The number of ether oxygens (including phenoxy) is 1. The number of amides is 1. The smallest absolute Gasteiger partial charge is 0.233 e. The molecule has 0 aliphatic rings. The average Bonchev–Trinajstić information content (AvgIpc) is 3.15. The minimum absolute atomic E-state index is 0.0357. The first-order valence-corrected chi connectivity index (χ1v) is 10.0. The Morgan fingerprint density at radius 3 is 2.82 bits per heavy atom. The Balaban J connectivity index is 1.68. The van der Waals surface area contributed by atoms with E-state index in [1.807, 2.05) is 42.0 Å². The van der Waals surface area contributed by atoms with Crippen molar-refractivity contribution in [3.8, 4) is 11.4 Å². The van der Waals surface area contributed by atoms with Gasteiger partial charge in [0.05, 0.1) is 18.0 Å². The normalized spacial score (nSPS) is 11.9. The number of hydrogen-bond acceptors (Lipinski definition) is 4. The van der Waals surface area contributed by atoms with Crippen LogP contribution in [0.15, 0.2) is 60.0 Å². The molecule has 0 unspecified atom stereocenters. The predicted octanol–water partition coefficient (Wildman–Crippen LogP) is 4.29. The monoisotopic (exact) mass is 395 g/mol. The quantitative estimate of drug-likeness (QED) is 0.606. The van der Waals surface area contributed by atoms with Gasteiger partial charge in [-0.25, -0.2) is 4.98 Å². The lowest BCUT2D eigenvalue weighted by Gasteiger charge is -2.15. The van der Waals surface area contributed by atoms with E-state index in [1.54, 1.807) is 13.3 Å². The molecule has 6 heteroatoms. The highest BCUT2D eigenvalue weighted by atomic mass is 32.2. The Labute approximate surface area is 170 Å². The number of aryl methyl sites for hydroxylation is 2. The Kier molecular flexibility index (Phi) is 6.41. The molecule has 3 aromatic rings. The van der Waals surface area contributed by atoms with E-state index in [0.717, 1.165) is 22.2 Å². The Bertz CT molecular complexity index is 968. The van der Waals surface area contributed by atoms with Crippen molar-refractivity contribution in [3.63, 3.8) is 0 Å². The molecule has 1 heterocycles. The lowest BCUT2D eigenvalue weighted by molar-refractivity contribution is -0.120. The van der Waals surface area contributed by atoms with Crippen molar-refractivity contribution in [3.05, 3.63) is 71.5 Å². The van der Waals surface area contributed by atoms with Gasteiger partial charge in [-0.15, -0.1) is 0 Å². The second-order valence-electron chi connectivity index (χ2n) is 6.66.